The van der Waals surface area contributed by atoms with Gasteiger partial charge in [-0.3, -0.25) is 4.79 Å². The van der Waals surface area contributed by atoms with Crippen molar-refractivity contribution in [2.45, 2.75) is 52.4 Å². The molecule has 0 aromatic rings. The van der Waals surface area contributed by atoms with Crippen LogP contribution in [0.15, 0.2) is 0 Å². The van der Waals surface area contributed by atoms with Gasteiger partial charge in [0.25, 0.3) is 0 Å². The van der Waals surface area contributed by atoms with E-state index in [1.54, 1.807) is 0 Å². The molecule has 0 bridgehead atoms. The van der Waals surface area contributed by atoms with Gasteiger partial charge in [-0.1, -0.05) is 20.3 Å². The number of piperidine rings is 2. The maximum atomic E-state index is 12.2. The van der Waals surface area contributed by atoms with Crippen molar-refractivity contribution in [1.82, 2.24) is 15.5 Å². The van der Waals surface area contributed by atoms with Crippen LogP contribution >= 0.6 is 24.8 Å². The molecule has 4 nitrogen and oxygen atoms in total. The molecule has 0 aliphatic carbocycles. The number of carbonyl (C=O) groups is 1. The maximum absolute atomic E-state index is 12.2. The van der Waals surface area contributed by atoms with Gasteiger partial charge >= 0.3 is 0 Å². The van der Waals surface area contributed by atoms with Gasteiger partial charge in [0, 0.05) is 19.5 Å². The van der Waals surface area contributed by atoms with Gasteiger partial charge in [-0.2, -0.15) is 0 Å². The third-order valence-electron chi connectivity index (χ3n) is 5.36. The third kappa shape index (κ3) is 8.89. The molecule has 2 N–H and O–H groups in total. The van der Waals surface area contributed by atoms with E-state index in [9.17, 15) is 4.79 Å². The lowest BCUT2D eigenvalue weighted by molar-refractivity contribution is -0.122. The van der Waals surface area contributed by atoms with E-state index in [1.165, 1.54) is 45.2 Å². The van der Waals surface area contributed by atoms with Crippen LogP contribution in [0.1, 0.15) is 52.4 Å². The molecule has 0 radical (unpaired) electrons. The summed E-state index contributed by atoms with van der Waals surface area (Å²) in [6.45, 7) is 11.2. The smallest absolute Gasteiger partial charge is 0.220 e. The molecule has 2 unspecified atom stereocenters. The summed E-state index contributed by atoms with van der Waals surface area (Å²) >= 11 is 0. The number of amides is 1. The molecule has 2 saturated heterocycles. The lowest BCUT2D eigenvalue weighted by Crippen LogP contribution is -2.38. The fraction of sp³-hybridized carbons (Fsp3) is 0.944. The number of likely N-dealkylation sites (tertiary alicyclic amines) is 1. The molecule has 2 atom stereocenters. The molecular formula is C18H37Cl2N3O. The standard InChI is InChI=1S/C18H35N3O.2ClH/c1-15(14-21-10-4-3-5-11-21)13-20-18(22)12-16(2)17-6-8-19-9-7-17;;/h15-17,19H,3-14H2,1-2H3,(H,20,22);2*1H. The highest BCUT2D eigenvalue weighted by Crippen LogP contribution is 2.24. The van der Waals surface area contributed by atoms with E-state index in [1.807, 2.05) is 0 Å². The predicted molar refractivity (Wildman–Crippen MR) is 106 cm³/mol. The molecule has 0 aromatic carbocycles. The minimum Gasteiger partial charge on any atom is -0.356 e. The molecule has 2 heterocycles. The second kappa shape index (κ2) is 13.2. The van der Waals surface area contributed by atoms with Gasteiger partial charge in [-0.15, -0.1) is 24.8 Å². The molecular weight excluding hydrogens is 345 g/mol. The summed E-state index contributed by atoms with van der Waals surface area (Å²) in [5.74, 6) is 2.03. The van der Waals surface area contributed by atoms with Gasteiger partial charge in [0.15, 0.2) is 0 Å². The van der Waals surface area contributed by atoms with Gasteiger partial charge in [-0.25, -0.2) is 0 Å². The average molecular weight is 382 g/mol. The number of halogens is 2. The van der Waals surface area contributed by atoms with Crippen molar-refractivity contribution >= 4 is 30.7 Å². The molecule has 2 fully saturated rings. The molecule has 0 aromatic heterocycles. The Balaban J connectivity index is 0.00000264. The molecule has 24 heavy (non-hydrogen) atoms. The fourth-order valence-electron chi connectivity index (χ4n) is 3.88. The van der Waals surface area contributed by atoms with E-state index in [2.05, 4.69) is 29.4 Å². The van der Waals surface area contributed by atoms with Crippen LogP contribution in [0.3, 0.4) is 0 Å². The zero-order chi connectivity index (χ0) is 15.8. The molecule has 2 aliphatic heterocycles. The summed E-state index contributed by atoms with van der Waals surface area (Å²) in [5.41, 5.74) is 0. The van der Waals surface area contributed by atoms with Crippen molar-refractivity contribution in [1.29, 1.82) is 0 Å². The Kier molecular flexibility index (Phi) is 13.2. The minimum atomic E-state index is 0. The fourth-order valence-corrected chi connectivity index (χ4v) is 3.88. The first-order valence-electron chi connectivity index (χ1n) is 9.35. The zero-order valence-corrected chi connectivity index (χ0v) is 17.0. The summed E-state index contributed by atoms with van der Waals surface area (Å²) in [6.07, 6.45) is 7.20. The highest BCUT2D eigenvalue weighted by Gasteiger charge is 2.22. The van der Waals surface area contributed by atoms with Crippen molar-refractivity contribution < 1.29 is 4.79 Å². The number of rotatable bonds is 7. The number of hydrogen-bond donors (Lipinski definition) is 2. The summed E-state index contributed by atoms with van der Waals surface area (Å²) in [4.78, 5) is 14.7. The second-order valence-corrected chi connectivity index (χ2v) is 7.54. The van der Waals surface area contributed by atoms with Crippen molar-refractivity contribution in [3.05, 3.63) is 0 Å². The molecule has 0 saturated carbocycles. The van der Waals surface area contributed by atoms with E-state index < -0.39 is 0 Å². The Morgan fingerprint density at radius 3 is 2.38 bits per heavy atom. The third-order valence-corrected chi connectivity index (χ3v) is 5.36. The first-order chi connectivity index (χ1) is 10.6. The van der Waals surface area contributed by atoms with Gasteiger partial charge in [0.2, 0.25) is 5.91 Å². The predicted octanol–water partition coefficient (Wildman–Crippen LogP) is 3.09. The van der Waals surface area contributed by atoms with Crippen molar-refractivity contribution in [3.8, 4) is 0 Å². The van der Waals surface area contributed by atoms with Crippen molar-refractivity contribution in [3.63, 3.8) is 0 Å². The Hall–Kier alpha value is -0.0300. The van der Waals surface area contributed by atoms with Crippen LogP contribution in [0.5, 0.6) is 0 Å². The van der Waals surface area contributed by atoms with E-state index in [0.717, 1.165) is 32.1 Å². The van der Waals surface area contributed by atoms with E-state index >= 15 is 0 Å². The molecule has 2 aliphatic rings. The van der Waals surface area contributed by atoms with Crippen LogP contribution in [-0.2, 0) is 4.79 Å². The lowest BCUT2D eigenvalue weighted by Gasteiger charge is -2.29. The summed E-state index contributed by atoms with van der Waals surface area (Å²) < 4.78 is 0. The van der Waals surface area contributed by atoms with Crippen molar-refractivity contribution in [2.75, 3.05) is 39.3 Å². The van der Waals surface area contributed by atoms with Gasteiger partial charge in [0.1, 0.15) is 0 Å². The topological polar surface area (TPSA) is 44.4 Å². The number of nitrogens with zero attached hydrogens (tertiary/aromatic N) is 1. The van der Waals surface area contributed by atoms with Crippen LogP contribution < -0.4 is 10.6 Å². The minimum absolute atomic E-state index is 0. The SMILES string of the molecule is CC(CNC(=O)CC(C)C1CCNCC1)CN1CCCCC1.Cl.Cl. The van der Waals surface area contributed by atoms with Crippen LogP contribution in [-0.4, -0.2) is 50.1 Å². The highest BCUT2D eigenvalue weighted by atomic mass is 35.5. The average Bonchev–Trinajstić information content (AvgIpc) is 2.55. The van der Waals surface area contributed by atoms with E-state index in [0.29, 0.717) is 18.3 Å². The first kappa shape index (κ1) is 24.0. The van der Waals surface area contributed by atoms with E-state index in [-0.39, 0.29) is 30.7 Å². The summed E-state index contributed by atoms with van der Waals surface area (Å²) in [5, 5.41) is 6.56. The lowest BCUT2D eigenvalue weighted by atomic mass is 9.84. The monoisotopic (exact) mass is 381 g/mol. The van der Waals surface area contributed by atoms with Crippen molar-refractivity contribution in [2.24, 2.45) is 17.8 Å². The Morgan fingerprint density at radius 2 is 1.75 bits per heavy atom. The number of hydrogen-bond acceptors (Lipinski definition) is 3. The van der Waals surface area contributed by atoms with Gasteiger partial charge < -0.3 is 15.5 Å². The molecule has 6 heteroatoms. The summed E-state index contributed by atoms with van der Waals surface area (Å²) in [7, 11) is 0. The molecule has 0 spiro atoms. The highest BCUT2D eigenvalue weighted by molar-refractivity contribution is 5.85. The Bertz CT molecular complexity index is 332. The molecule has 2 rings (SSSR count). The number of carbonyl (C=O) groups excluding carboxylic acids is 1. The Labute approximate surface area is 160 Å². The normalized spacial score (nSPS) is 21.9. The maximum Gasteiger partial charge on any atom is 0.220 e. The van der Waals surface area contributed by atoms with Crippen LogP contribution in [0.2, 0.25) is 0 Å². The number of nitrogens with one attached hydrogen (secondary N) is 2. The quantitative estimate of drug-likeness (QED) is 0.711. The van der Waals surface area contributed by atoms with Crippen LogP contribution in [0.25, 0.3) is 0 Å². The molecule has 144 valence electrons. The zero-order valence-electron chi connectivity index (χ0n) is 15.4. The second-order valence-electron chi connectivity index (χ2n) is 7.54. The van der Waals surface area contributed by atoms with Crippen LogP contribution in [0.4, 0.5) is 0 Å². The van der Waals surface area contributed by atoms with Gasteiger partial charge in [-0.05, 0) is 69.6 Å². The van der Waals surface area contributed by atoms with Gasteiger partial charge in [0.05, 0.1) is 0 Å². The van der Waals surface area contributed by atoms with E-state index in [4.69, 9.17) is 0 Å². The first-order valence-corrected chi connectivity index (χ1v) is 9.35. The molecule has 1 amide bonds. The Morgan fingerprint density at radius 1 is 1.12 bits per heavy atom. The largest absolute Gasteiger partial charge is 0.356 e. The van der Waals surface area contributed by atoms with Crippen LogP contribution in [0, 0.1) is 17.8 Å². The summed E-state index contributed by atoms with van der Waals surface area (Å²) in [6, 6.07) is 0.